The standard InChI is InChI=1S/C15H22ClN3O/c1-4-9-20-10-5-8-19-14(12(3)16)18-13-7-6-11(2)17-15(13)19/h6-7,12H,4-5,8-10H2,1-3H3. The predicted octanol–water partition coefficient (Wildman–Crippen LogP) is 3.86. The Morgan fingerprint density at radius 2 is 2.10 bits per heavy atom. The summed E-state index contributed by atoms with van der Waals surface area (Å²) in [5.41, 5.74) is 2.82. The smallest absolute Gasteiger partial charge is 0.160 e. The molecule has 0 radical (unpaired) electrons. The van der Waals surface area contributed by atoms with Gasteiger partial charge in [-0.05, 0) is 38.8 Å². The molecule has 0 saturated heterocycles. The van der Waals surface area contributed by atoms with E-state index in [4.69, 9.17) is 16.3 Å². The molecule has 0 bridgehead atoms. The van der Waals surface area contributed by atoms with Crippen LogP contribution in [0.25, 0.3) is 11.2 Å². The molecule has 2 aromatic rings. The van der Waals surface area contributed by atoms with Gasteiger partial charge in [0.25, 0.3) is 0 Å². The molecule has 0 fully saturated rings. The van der Waals surface area contributed by atoms with E-state index in [-0.39, 0.29) is 5.38 Å². The van der Waals surface area contributed by atoms with Crippen molar-refractivity contribution in [2.75, 3.05) is 13.2 Å². The van der Waals surface area contributed by atoms with Crippen LogP contribution in [0.15, 0.2) is 12.1 Å². The first-order chi connectivity index (χ1) is 9.63. The summed E-state index contributed by atoms with van der Waals surface area (Å²) < 4.78 is 7.65. The van der Waals surface area contributed by atoms with E-state index in [0.717, 1.165) is 55.3 Å². The third-order valence-electron chi connectivity index (χ3n) is 3.14. The minimum Gasteiger partial charge on any atom is -0.381 e. The molecule has 0 saturated carbocycles. The van der Waals surface area contributed by atoms with Gasteiger partial charge in [0, 0.05) is 25.5 Å². The Balaban J connectivity index is 2.19. The maximum absolute atomic E-state index is 6.24. The van der Waals surface area contributed by atoms with Crippen molar-refractivity contribution < 1.29 is 4.74 Å². The number of fused-ring (bicyclic) bond motifs is 1. The fourth-order valence-electron chi connectivity index (χ4n) is 2.21. The van der Waals surface area contributed by atoms with Crippen LogP contribution in [-0.2, 0) is 11.3 Å². The highest BCUT2D eigenvalue weighted by Crippen LogP contribution is 2.24. The highest BCUT2D eigenvalue weighted by Gasteiger charge is 2.15. The maximum Gasteiger partial charge on any atom is 0.160 e. The molecule has 2 heterocycles. The normalized spacial score (nSPS) is 13.0. The summed E-state index contributed by atoms with van der Waals surface area (Å²) in [6.07, 6.45) is 2.00. The molecule has 0 N–H and O–H groups in total. The van der Waals surface area contributed by atoms with Crippen molar-refractivity contribution in [1.82, 2.24) is 14.5 Å². The summed E-state index contributed by atoms with van der Waals surface area (Å²) in [4.78, 5) is 9.19. The second kappa shape index (κ2) is 7.04. The number of ether oxygens (including phenoxy) is 1. The van der Waals surface area contributed by atoms with Gasteiger partial charge < -0.3 is 9.30 Å². The van der Waals surface area contributed by atoms with Crippen molar-refractivity contribution in [2.24, 2.45) is 0 Å². The molecule has 5 heteroatoms. The topological polar surface area (TPSA) is 39.9 Å². The van der Waals surface area contributed by atoms with Gasteiger partial charge in [0.2, 0.25) is 0 Å². The Bertz CT molecular complexity index is 565. The number of nitrogens with zero attached hydrogens (tertiary/aromatic N) is 3. The maximum atomic E-state index is 6.24. The molecule has 1 atom stereocenters. The van der Waals surface area contributed by atoms with E-state index < -0.39 is 0 Å². The lowest BCUT2D eigenvalue weighted by molar-refractivity contribution is 0.129. The minimum atomic E-state index is -0.124. The van der Waals surface area contributed by atoms with Gasteiger partial charge in [-0.3, -0.25) is 0 Å². The highest BCUT2D eigenvalue weighted by atomic mass is 35.5. The van der Waals surface area contributed by atoms with Crippen LogP contribution in [0.1, 0.15) is 43.6 Å². The van der Waals surface area contributed by atoms with Crippen LogP contribution in [0.4, 0.5) is 0 Å². The summed E-state index contributed by atoms with van der Waals surface area (Å²) in [5.74, 6) is 0.884. The summed E-state index contributed by atoms with van der Waals surface area (Å²) in [5, 5.41) is -0.124. The van der Waals surface area contributed by atoms with Crippen molar-refractivity contribution in [1.29, 1.82) is 0 Å². The van der Waals surface area contributed by atoms with Crippen LogP contribution in [0.5, 0.6) is 0 Å². The molecule has 0 aromatic carbocycles. The number of halogens is 1. The number of hydrogen-bond donors (Lipinski definition) is 0. The van der Waals surface area contributed by atoms with Gasteiger partial charge >= 0.3 is 0 Å². The summed E-state index contributed by atoms with van der Waals surface area (Å²) in [7, 11) is 0. The van der Waals surface area contributed by atoms with Gasteiger partial charge in [0.15, 0.2) is 5.65 Å². The molecular weight excluding hydrogens is 274 g/mol. The van der Waals surface area contributed by atoms with Gasteiger partial charge in [-0.1, -0.05) is 6.92 Å². The second-order valence-electron chi connectivity index (χ2n) is 5.00. The quantitative estimate of drug-likeness (QED) is 0.575. The van der Waals surface area contributed by atoms with E-state index in [9.17, 15) is 0 Å². The molecular formula is C15H22ClN3O. The zero-order valence-corrected chi connectivity index (χ0v) is 13.2. The molecule has 0 spiro atoms. The molecule has 2 rings (SSSR count). The third-order valence-corrected chi connectivity index (χ3v) is 3.33. The van der Waals surface area contributed by atoms with Gasteiger partial charge in [-0.15, -0.1) is 11.6 Å². The number of rotatable bonds is 7. The largest absolute Gasteiger partial charge is 0.381 e. The van der Waals surface area contributed by atoms with Crippen molar-refractivity contribution in [3.8, 4) is 0 Å². The molecule has 2 aromatic heterocycles. The van der Waals surface area contributed by atoms with E-state index in [1.807, 2.05) is 26.0 Å². The number of alkyl halides is 1. The fraction of sp³-hybridized carbons (Fsp3) is 0.600. The molecule has 4 nitrogen and oxygen atoms in total. The average Bonchev–Trinajstić information content (AvgIpc) is 2.77. The lowest BCUT2D eigenvalue weighted by atomic mass is 10.3. The van der Waals surface area contributed by atoms with Crippen molar-refractivity contribution >= 4 is 22.8 Å². The van der Waals surface area contributed by atoms with E-state index in [1.165, 1.54) is 0 Å². The van der Waals surface area contributed by atoms with Gasteiger partial charge in [0.05, 0.1) is 5.38 Å². The molecule has 20 heavy (non-hydrogen) atoms. The van der Waals surface area contributed by atoms with Crippen molar-refractivity contribution in [2.45, 2.75) is 45.5 Å². The summed E-state index contributed by atoms with van der Waals surface area (Å²) in [6.45, 7) is 8.47. The molecule has 1 unspecified atom stereocenters. The number of pyridine rings is 1. The van der Waals surface area contributed by atoms with Crippen LogP contribution >= 0.6 is 11.6 Å². The molecule has 0 aliphatic rings. The van der Waals surface area contributed by atoms with Crippen molar-refractivity contribution in [3.05, 3.63) is 23.7 Å². The van der Waals surface area contributed by atoms with Gasteiger partial charge in [-0.2, -0.15) is 0 Å². The number of aryl methyl sites for hydroxylation is 2. The van der Waals surface area contributed by atoms with Crippen LogP contribution in [-0.4, -0.2) is 27.7 Å². The molecule has 0 amide bonds. The van der Waals surface area contributed by atoms with Gasteiger partial charge in [-0.25, -0.2) is 9.97 Å². The van der Waals surface area contributed by atoms with E-state index in [2.05, 4.69) is 21.5 Å². The Hall–Kier alpha value is -1.13. The first-order valence-corrected chi connectivity index (χ1v) is 7.62. The Kier molecular flexibility index (Phi) is 5.38. The number of imidazole rings is 1. The van der Waals surface area contributed by atoms with E-state index >= 15 is 0 Å². The lowest BCUT2D eigenvalue weighted by Crippen LogP contribution is -2.08. The zero-order chi connectivity index (χ0) is 14.5. The third kappa shape index (κ3) is 3.49. The predicted molar refractivity (Wildman–Crippen MR) is 82.3 cm³/mol. The summed E-state index contributed by atoms with van der Waals surface area (Å²) in [6, 6.07) is 3.98. The molecule has 0 aliphatic heterocycles. The Labute approximate surface area is 125 Å². The Morgan fingerprint density at radius 1 is 1.30 bits per heavy atom. The highest BCUT2D eigenvalue weighted by molar-refractivity contribution is 6.20. The first-order valence-electron chi connectivity index (χ1n) is 7.19. The van der Waals surface area contributed by atoms with Crippen molar-refractivity contribution in [3.63, 3.8) is 0 Å². The SMILES string of the molecule is CCCOCCCn1c(C(C)Cl)nc2ccc(C)nc21. The monoisotopic (exact) mass is 295 g/mol. The first kappa shape index (κ1) is 15.3. The fourth-order valence-corrected chi connectivity index (χ4v) is 2.38. The molecule has 0 aliphatic carbocycles. The van der Waals surface area contributed by atoms with Crippen LogP contribution in [0, 0.1) is 6.92 Å². The average molecular weight is 296 g/mol. The van der Waals surface area contributed by atoms with Crippen LogP contribution in [0.2, 0.25) is 0 Å². The zero-order valence-electron chi connectivity index (χ0n) is 12.4. The number of hydrogen-bond acceptors (Lipinski definition) is 3. The molecule has 110 valence electrons. The van der Waals surface area contributed by atoms with E-state index in [0.29, 0.717) is 0 Å². The number of aromatic nitrogens is 3. The van der Waals surface area contributed by atoms with Gasteiger partial charge in [0.1, 0.15) is 11.3 Å². The van der Waals surface area contributed by atoms with Crippen LogP contribution in [0.3, 0.4) is 0 Å². The summed E-state index contributed by atoms with van der Waals surface area (Å²) >= 11 is 6.24. The van der Waals surface area contributed by atoms with E-state index in [1.54, 1.807) is 0 Å². The second-order valence-corrected chi connectivity index (χ2v) is 5.65. The lowest BCUT2D eigenvalue weighted by Gasteiger charge is -2.10. The van der Waals surface area contributed by atoms with Crippen LogP contribution < -0.4 is 0 Å². The Morgan fingerprint density at radius 3 is 2.80 bits per heavy atom. The minimum absolute atomic E-state index is 0.124.